The summed E-state index contributed by atoms with van der Waals surface area (Å²) in [6.45, 7) is 2.71. The van der Waals surface area contributed by atoms with E-state index < -0.39 is 17.8 Å². The number of nitrogen functional groups attached to an aromatic ring is 1. The molecule has 1 atom stereocenters. The van der Waals surface area contributed by atoms with Gasteiger partial charge in [0.2, 0.25) is 5.96 Å². The average molecular weight is 438 g/mol. The monoisotopic (exact) mass is 437 g/mol. The van der Waals surface area contributed by atoms with Gasteiger partial charge in [-0.05, 0) is 19.1 Å². The van der Waals surface area contributed by atoms with Crippen LogP contribution in [0.2, 0.25) is 10.0 Å². The molecule has 0 spiro atoms. The molecule has 0 saturated carbocycles. The van der Waals surface area contributed by atoms with Crippen molar-refractivity contribution in [2.45, 2.75) is 19.6 Å². The zero-order valence-electron chi connectivity index (χ0n) is 15.0. The second kappa shape index (κ2) is 10.5. The summed E-state index contributed by atoms with van der Waals surface area (Å²) >= 11 is 12.3. The lowest BCUT2D eigenvalue weighted by atomic mass is 10.3. The lowest BCUT2D eigenvalue weighted by molar-refractivity contribution is -0.492. The number of hydrogen-bond donors (Lipinski definition) is 4. The number of rotatable bonds is 8. The van der Waals surface area contributed by atoms with E-state index in [0.717, 1.165) is 0 Å². The summed E-state index contributed by atoms with van der Waals surface area (Å²) in [7, 11) is 0. The maximum atomic E-state index is 11.8. The summed E-state index contributed by atoms with van der Waals surface area (Å²) in [5, 5.41) is 20.0. The van der Waals surface area contributed by atoms with E-state index in [1.165, 1.54) is 0 Å². The van der Waals surface area contributed by atoms with Crippen LogP contribution in [-0.2, 0) is 14.3 Å². The first-order valence-electron chi connectivity index (χ1n) is 8.26. The maximum absolute atomic E-state index is 11.8. The molecule has 1 aromatic carbocycles. The average Bonchev–Trinajstić information content (AvgIpc) is 3.05. The Morgan fingerprint density at radius 2 is 2.07 bits per heavy atom. The molecule has 1 heterocycles. The Labute approximate surface area is 171 Å². The lowest BCUT2D eigenvalue weighted by Crippen LogP contribution is -2.40. The number of guanidine groups is 1. The van der Waals surface area contributed by atoms with Crippen molar-refractivity contribution >= 4 is 46.7 Å². The predicted octanol–water partition coefficient (Wildman–Crippen LogP) is 2.37. The third-order valence-corrected chi connectivity index (χ3v) is 4.16. The summed E-state index contributed by atoms with van der Waals surface area (Å²) in [6.07, 6.45) is -1.31. The molecule has 1 aromatic rings. The molecule has 0 aromatic heterocycles. The number of anilines is 1. The number of nitrogens with one attached hydrogen (secondary N) is 1. The van der Waals surface area contributed by atoms with Crippen LogP contribution in [-0.4, -0.2) is 65.4 Å². The van der Waals surface area contributed by atoms with E-state index in [4.69, 9.17) is 48.8 Å². The second-order valence-corrected chi connectivity index (χ2v) is 6.46. The standard InChI is InChI=1S/C15H21Cl2N5O6/c1-9(28-15(23)26-5-2-6-27-22(24)25)21-4-3-19-14(21)20-13-11(16)7-10(18)8-12(13)17/h7-9,24-25H,2-6,18H2,1H3,(H,19,20). The lowest BCUT2D eigenvalue weighted by Gasteiger charge is -2.25. The van der Waals surface area contributed by atoms with Gasteiger partial charge in [0, 0.05) is 25.2 Å². The van der Waals surface area contributed by atoms with Crippen molar-refractivity contribution in [1.29, 1.82) is 0 Å². The van der Waals surface area contributed by atoms with Crippen molar-refractivity contribution in [2.24, 2.45) is 4.99 Å². The van der Waals surface area contributed by atoms with Gasteiger partial charge in [0.15, 0.2) is 6.23 Å². The van der Waals surface area contributed by atoms with Crippen LogP contribution >= 0.6 is 23.2 Å². The molecule has 0 amide bonds. The smallest absolute Gasteiger partial charge is 0.434 e. The van der Waals surface area contributed by atoms with Gasteiger partial charge < -0.3 is 25.4 Å². The van der Waals surface area contributed by atoms with Crippen LogP contribution in [0.5, 0.6) is 0 Å². The first-order valence-corrected chi connectivity index (χ1v) is 9.01. The first kappa shape index (κ1) is 22.3. The number of halogens is 2. The Hall–Kier alpha value is -2.02. The summed E-state index contributed by atoms with van der Waals surface area (Å²) in [5.74, 6) is 0.438. The fraction of sp³-hybridized carbons (Fsp3) is 0.467. The molecule has 11 nitrogen and oxygen atoms in total. The molecule has 0 aliphatic carbocycles. The van der Waals surface area contributed by atoms with Crippen LogP contribution in [0.3, 0.4) is 0 Å². The number of nitrogens with two attached hydrogens (primary N) is 1. The molecular weight excluding hydrogens is 417 g/mol. The van der Waals surface area contributed by atoms with Gasteiger partial charge in [0.1, 0.15) is 5.69 Å². The van der Waals surface area contributed by atoms with Crippen LogP contribution in [0.4, 0.5) is 16.2 Å². The zero-order chi connectivity index (χ0) is 20.7. The maximum Gasteiger partial charge on any atom is 0.510 e. The Kier molecular flexibility index (Phi) is 8.35. The first-order chi connectivity index (χ1) is 13.3. The largest absolute Gasteiger partial charge is 0.510 e. The van der Waals surface area contributed by atoms with Gasteiger partial charge in [0.05, 0.1) is 28.6 Å². The van der Waals surface area contributed by atoms with Crippen molar-refractivity contribution in [1.82, 2.24) is 15.6 Å². The molecule has 1 saturated heterocycles. The number of carbonyl (C=O) groups is 1. The summed E-state index contributed by atoms with van der Waals surface area (Å²) < 4.78 is 10.1. The highest BCUT2D eigenvalue weighted by Crippen LogP contribution is 2.35. The van der Waals surface area contributed by atoms with E-state index >= 15 is 0 Å². The summed E-state index contributed by atoms with van der Waals surface area (Å²) in [6, 6.07) is 3.08. The third-order valence-electron chi connectivity index (χ3n) is 3.59. The second-order valence-electron chi connectivity index (χ2n) is 5.64. The van der Waals surface area contributed by atoms with Crippen LogP contribution in [0, 0.1) is 0 Å². The van der Waals surface area contributed by atoms with Crippen LogP contribution in [0.25, 0.3) is 0 Å². The number of nitrogens with zero attached hydrogens (tertiary/aromatic N) is 3. The molecule has 5 N–H and O–H groups in total. The number of aliphatic imine (C=N–C) groups is 1. The van der Waals surface area contributed by atoms with Gasteiger partial charge in [-0.3, -0.25) is 15.3 Å². The molecule has 0 radical (unpaired) electrons. The van der Waals surface area contributed by atoms with Crippen molar-refractivity contribution in [3.05, 3.63) is 22.2 Å². The topological polar surface area (TPSA) is 142 Å². The fourth-order valence-corrected chi connectivity index (χ4v) is 2.94. The van der Waals surface area contributed by atoms with E-state index in [0.29, 0.717) is 40.5 Å². The molecular formula is C15H21Cl2N5O6. The van der Waals surface area contributed by atoms with Gasteiger partial charge >= 0.3 is 6.16 Å². The quantitative estimate of drug-likeness (QED) is 0.207. The van der Waals surface area contributed by atoms with Gasteiger partial charge in [-0.1, -0.05) is 23.2 Å². The van der Waals surface area contributed by atoms with Crippen molar-refractivity contribution < 1.29 is 29.5 Å². The molecule has 13 heteroatoms. The molecule has 28 heavy (non-hydrogen) atoms. The van der Waals surface area contributed by atoms with Crippen molar-refractivity contribution in [3.8, 4) is 0 Å². The van der Waals surface area contributed by atoms with Crippen LogP contribution < -0.4 is 11.1 Å². The third kappa shape index (κ3) is 6.55. The van der Waals surface area contributed by atoms with Gasteiger partial charge in [-0.25, -0.2) is 9.79 Å². The Balaban J connectivity index is 1.92. The van der Waals surface area contributed by atoms with Crippen molar-refractivity contribution in [3.63, 3.8) is 0 Å². The molecule has 156 valence electrons. The van der Waals surface area contributed by atoms with Crippen LogP contribution in [0.1, 0.15) is 13.3 Å². The number of ether oxygens (including phenoxy) is 2. The van der Waals surface area contributed by atoms with Gasteiger partial charge in [0.25, 0.3) is 0 Å². The van der Waals surface area contributed by atoms with E-state index in [1.54, 1.807) is 24.0 Å². The molecule has 1 unspecified atom stereocenters. The van der Waals surface area contributed by atoms with Crippen LogP contribution in [0.15, 0.2) is 17.1 Å². The fourth-order valence-electron chi connectivity index (χ4n) is 2.35. The summed E-state index contributed by atoms with van der Waals surface area (Å²) in [4.78, 5) is 22.2. The van der Waals surface area contributed by atoms with Crippen molar-refractivity contribution in [2.75, 3.05) is 32.0 Å². The van der Waals surface area contributed by atoms with E-state index in [1.807, 2.05) is 0 Å². The number of carbonyl (C=O) groups excluding carboxylic acids is 1. The van der Waals surface area contributed by atoms with Gasteiger partial charge in [-0.15, -0.1) is 0 Å². The minimum Gasteiger partial charge on any atom is -0.434 e. The SMILES string of the molecule is CC(OC(=O)OCCCON(O)O)N1CCN/C1=N\c1c(Cl)cc(N)cc1Cl. The minimum atomic E-state index is -0.882. The highest BCUT2D eigenvalue weighted by molar-refractivity contribution is 6.39. The summed E-state index contributed by atoms with van der Waals surface area (Å²) in [5.41, 5.74) is 6.46. The molecule has 0 bridgehead atoms. The Morgan fingerprint density at radius 3 is 2.71 bits per heavy atom. The normalized spacial score (nSPS) is 16.4. The Bertz CT molecular complexity index is 697. The molecule has 2 rings (SSSR count). The van der Waals surface area contributed by atoms with Gasteiger partial charge in [-0.2, -0.15) is 0 Å². The highest BCUT2D eigenvalue weighted by Gasteiger charge is 2.27. The van der Waals surface area contributed by atoms with E-state index in [2.05, 4.69) is 15.1 Å². The number of hydrogen-bond acceptors (Lipinski definition) is 9. The van der Waals surface area contributed by atoms with E-state index in [-0.39, 0.29) is 19.6 Å². The zero-order valence-corrected chi connectivity index (χ0v) is 16.5. The number of benzene rings is 1. The Morgan fingerprint density at radius 1 is 1.39 bits per heavy atom. The molecule has 1 aliphatic heterocycles. The molecule has 1 fully saturated rings. The minimum absolute atomic E-state index is 0.0186. The highest BCUT2D eigenvalue weighted by atomic mass is 35.5. The predicted molar refractivity (Wildman–Crippen MR) is 101 cm³/mol. The molecule has 1 aliphatic rings. The van der Waals surface area contributed by atoms with E-state index in [9.17, 15) is 4.79 Å².